The molecule has 1 atom stereocenters. The zero-order valence-corrected chi connectivity index (χ0v) is 14.2. The van der Waals surface area contributed by atoms with Gasteiger partial charge in [-0.2, -0.15) is 4.98 Å². The molecule has 130 valence electrons. The Morgan fingerprint density at radius 3 is 2.96 bits per heavy atom. The van der Waals surface area contributed by atoms with Gasteiger partial charge < -0.3 is 9.63 Å². The lowest BCUT2D eigenvalue weighted by Crippen LogP contribution is -2.46. The standard InChI is InChI=1S/C16H24N6O2/c1-11(2)22-8-13(18-20-22)16(23)6-3-7-21(10-16)9-14-17-15(24-19-14)12-4-5-12/h8,11-12,23H,3-7,9-10H2,1-2H3. The number of aromatic nitrogens is 5. The topological polar surface area (TPSA) is 93.1 Å². The van der Waals surface area contributed by atoms with Crippen molar-refractivity contribution in [3.05, 3.63) is 23.6 Å². The number of piperidine rings is 1. The van der Waals surface area contributed by atoms with Gasteiger partial charge in [-0.3, -0.25) is 4.90 Å². The molecule has 0 bridgehead atoms. The fraction of sp³-hybridized carbons (Fsp3) is 0.750. The molecule has 3 heterocycles. The summed E-state index contributed by atoms with van der Waals surface area (Å²) in [6.07, 6.45) is 5.75. The third kappa shape index (κ3) is 3.08. The predicted octanol–water partition coefficient (Wildman–Crippen LogP) is 1.60. The molecule has 0 amide bonds. The lowest BCUT2D eigenvalue weighted by molar-refractivity contribution is -0.0422. The molecule has 0 spiro atoms. The zero-order chi connectivity index (χ0) is 16.7. The van der Waals surface area contributed by atoms with Crippen molar-refractivity contribution in [2.45, 2.75) is 63.6 Å². The van der Waals surface area contributed by atoms with E-state index in [1.807, 2.05) is 20.0 Å². The molecule has 0 aromatic carbocycles. The molecule has 1 aliphatic heterocycles. The highest BCUT2D eigenvalue weighted by Crippen LogP contribution is 2.39. The fourth-order valence-electron chi connectivity index (χ4n) is 3.24. The van der Waals surface area contributed by atoms with E-state index in [9.17, 15) is 5.11 Å². The van der Waals surface area contributed by atoms with Crippen LogP contribution >= 0.6 is 0 Å². The Hall–Kier alpha value is -1.80. The predicted molar refractivity (Wildman–Crippen MR) is 85.1 cm³/mol. The Bertz CT molecular complexity index is 707. The average molecular weight is 332 g/mol. The van der Waals surface area contributed by atoms with Gasteiger partial charge in [0.1, 0.15) is 11.3 Å². The van der Waals surface area contributed by atoms with E-state index in [-0.39, 0.29) is 6.04 Å². The first-order valence-corrected chi connectivity index (χ1v) is 8.73. The van der Waals surface area contributed by atoms with Gasteiger partial charge in [0, 0.05) is 18.5 Å². The minimum atomic E-state index is -0.964. The summed E-state index contributed by atoms with van der Waals surface area (Å²) in [5.41, 5.74) is -0.318. The Labute approximate surface area is 140 Å². The van der Waals surface area contributed by atoms with Crippen LogP contribution in [-0.4, -0.2) is 48.2 Å². The molecule has 0 radical (unpaired) electrons. The van der Waals surface area contributed by atoms with E-state index in [0.29, 0.717) is 36.9 Å². The van der Waals surface area contributed by atoms with Crippen LogP contribution in [0.2, 0.25) is 0 Å². The summed E-state index contributed by atoms with van der Waals surface area (Å²) in [7, 11) is 0. The van der Waals surface area contributed by atoms with Gasteiger partial charge in [-0.05, 0) is 46.1 Å². The van der Waals surface area contributed by atoms with E-state index >= 15 is 0 Å². The van der Waals surface area contributed by atoms with E-state index in [0.717, 1.165) is 31.7 Å². The van der Waals surface area contributed by atoms with Crippen LogP contribution in [0, 0.1) is 0 Å². The van der Waals surface area contributed by atoms with Crippen molar-refractivity contribution in [1.82, 2.24) is 30.0 Å². The Morgan fingerprint density at radius 1 is 1.42 bits per heavy atom. The summed E-state index contributed by atoms with van der Waals surface area (Å²) in [6.45, 7) is 6.11. The van der Waals surface area contributed by atoms with Gasteiger partial charge >= 0.3 is 0 Å². The maximum Gasteiger partial charge on any atom is 0.229 e. The van der Waals surface area contributed by atoms with Crippen LogP contribution in [0.15, 0.2) is 10.7 Å². The maximum atomic E-state index is 11.1. The third-order valence-corrected chi connectivity index (χ3v) is 4.84. The summed E-state index contributed by atoms with van der Waals surface area (Å²) in [5.74, 6) is 1.93. The Balaban J connectivity index is 1.45. The molecular weight excluding hydrogens is 308 g/mol. The maximum absolute atomic E-state index is 11.1. The van der Waals surface area contributed by atoms with Gasteiger partial charge in [0.15, 0.2) is 5.82 Å². The van der Waals surface area contributed by atoms with Gasteiger partial charge in [0.25, 0.3) is 0 Å². The second-order valence-corrected chi connectivity index (χ2v) is 7.35. The summed E-state index contributed by atoms with van der Waals surface area (Å²) < 4.78 is 7.11. The van der Waals surface area contributed by atoms with Gasteiger partial charge in [0.2, 0.25) is 5.89 Å². The van der Waals surface area contributed by atoms with Crippen LogP contribution in [0.1, 0.15) is 68.9 Å². The molecule has 1 saturated carbocycles. The average Bonchev–Trinajstić information content (AvgIpc) is 3.08. The first kappa shape index (κ1) is 15.7. The highest BCUT2D eigenvalue weighted by molar-refractivity contribution is 5.10. The smallest absolute Gasteiger partial charge is 0.229 e. The second kappa shape index (κ2) is 5.93. The monoisotopic (exact) mass is 332 g/mol. The summed E-state index contributed by atoms with van der Waals surface area (Å²) in [5, 5.41) is 23.5. The first-order chi connectivity index (χ1) is 11.5. The summed E-state index contributed by atoms with van der Waals surface area (Å²) >= 11 is 0. The fourth-order valence-corrected chi connectivity index (χ4v) is 3.24. The highest BCUT2D eigenvalue weighted by atomic mass is 16.5. The van der Waals surface area contributed by atoms with Crippen LogP contribution in [0.5, 0.6) is 0 Å². The van der Waals surface area contributed by atoms with Crippen LogP contribution in [-0.2, 0) is 12.1 Å². The molecule has 1 unspecified atom stereocenters. The molecule has 8 nitrogen and oxygen atoms in total. The Kier molecular flexibility index (Phi) is 3.88. The minimum Gasteiger partial charge on any atom is -0.382 e. The van der Waals surface area contributed by atoms with E-state index in [4.69, 9.17) is 4.52 Å². The van der Waals surface area contributed by atoms with Crippen LogP contribution in [0.3, 0.4) is 0 Å². The molecule has 2 aromatic rings. The minimum absolute atomic E-state index is 0.231. The van der Waals surface area contributed by atoms with Crippen LogP contribution < -0.4 is 0 Å². The van der Waals surface area contributed by atoms with Gasteiger partial charge in [-0.25, -0.2) is 4.68 Å². The number of likely N-dealkylation sites (tertiary alicyclic amines) is 1. The quantitative estimate of drug-likeness (QED) is 0.889. The number of rotatable bonds is 5. The SMILES string of the molecule is CC(C)n1cc(C2(O)CCCN(Cc3noc(C4CC4)n3)C2)nn1. The van der Waals surface area contributed by atoms with Crippen LogP contribution in [0.25, 0.3) is 0 Å². The lowest BCUT2D eigenvalue weighted by Gasteiger charge is -2.37. The van der Waals surface area contributed by atoms with Gasteiger partial charge in [0.05, 0.1) is 12.7 Å². The van der Waals surface area contributed by atoms with Gasteiger partial charge in [-0.15, -0.1) is 5.10 Å². The van der Waals surface area contributed by atoms with Crippen molar-refractivity contribution < 1.29 is 9.63 Å². The van der Waals surface area contributed by atoms with E-state index in [1.165, 1.54) is 0 Å². The number of hydrogen-bond donors (Lipinski definition) is 1. The molecular formula is C16H24N6O2. The van der Waals surface area contributed by atoms with E-state index in [1.54, 1.807) is 4.68 Å². The number of hydrogen-bond acceptors (Lipinski definition) is 7. The summed E-state index contributed by atoms with van der Waals surface area (Å²) in [4.78, 5) is 6.65. The molecule has 4 rings (SSSR count). The summed E-state index contributed by atoms with van der Waals surface area (Å²) in [6, 6.07) is 0.231. The second-order valence-electron chi connectivity index (χ2n) is 7.35. The molecule has 8 heteroatoms. The molecule has 24 heavy (non-hydrogen) atoms. The first-order valence-electron chi connectivity index (χ1n) is 8.73. The van der Waals surface area contributed by atoms with Crippen molar-refractivity contribution in [1.29, 1.82) is 0 Å². The van der Waals surface area contributed by atoms with Crippen molar-refractivity contribution in [3.63, 3.8) is 0 Å². The molecule has 1 aliphatic carbocycles. The molecule has 1 N–H and O–H groups in total. The molecule has 2 fully saturated rings. The molecule has 1 saturated heterocycles. The normalized spacial score (nSPS) is 25.5. The highest BCUT2D eigenvalue weighted by Gasteiger charge is 2.38. The van der Waals surface area contributed by atoms with E-state index in [2.05, 4.69) is 25.4 Å². The largest absolute Gasteiger partial charge is 0.382 e. The van der Waals surface area contributed by atoms with E-state index < -0.39 is 5.60 Å². The van der Waals surface area contributed by atoms with Crippen molar-refractivity contribution >= 4 is 0 Å². The number of β-amino-alcohol motifs (C(OH)–C–C–N with tert-alkyl or cyclic N) is 1. The lowest BCUT2D eigenvalue weighted by atomic mass is 9.90. The Morgan fingerprint density at radius 2 is 2.25 bits per heavy atom. The number of nitrogens with zero attached hydrogens (tertiary/aromatic N) is 6. The van der Waals surface area contributed by atoms with Gasteiger partial charge in [-0.1, -0.05) is 10.4 Å². The van der Waals surface area contributed by atoms with Crippen molar-refractivity contribution in [3.8, 4) is 0 Å². The van der Waals surface area contributed by atoms with Crippen LogP contribution in [0.4, 0.5) is 0 Å². The third-order valence-electron chi connectivity index (χ3n) is 4.84. The number of aliphatic hydroxyl groups is 1. The van der Waals surface area contributed by atoms with Crippen molar-refractivity contribution in [2.75, 3.05) is 13.1 Å². The zero-order valence-electron chi connectivity index (χ0n) is 14.2. The van der Waals surface area contributed by atoms with Crippen molar-refractivity contribution in [2.24, 2.45) is 0 Å². The molecule has 2 aromatic heterocycles. The molecule has 2 aliphatic rings.